The number of benzene rings is 2. The molecule has 4 aromatic rings. The van der Waals surface area contributed by atoms with Crippen molar-refractivity contribution in [3.63, 3.8) is 0 Å². The number of aromatic amines is 2. The van der Waals surface area contributed by atoms with Crippen LogP contribution in [-0.4, -0.2) is 105 Å². The van der Waals surface area contributed by atoms with E-state index >= 15 is 17.6 Å². The largest absolute Gasteiger partial charge is 0.453 e. The highest BCUT2D eigenvalue weighted by molar-refractivity contribution is 7.80. The quantitative estimate of drug-likeness (QED) is 0.0618. The van der Waals surface area contributed by atoms with Crippen molar-refractivity contribution in [2.75, 3.05) is 39.6 Å². The molecule has 2 aromatic carbocycles. The van der Waals surface area contributed by atoms with E-state index in [4.69, 9.17) is 9.47 Å². The van der Waals surface area contributed by atoms with Gasteiger partial charge in [0.1, 0.15) is 17.7 Å². The number of imidazole rings is 2. The van der Waals surface area contributed by atoms with Crippen molar-refractivity contribution in [1.82, 2.24) is 40.4 Å². The molecule has 1 fully saturated rings. The molecule has 0 saturated carbocycles. The van der Waals surface area contributed by atoms with Crippen molar-refractivity contribution in [3.05, 3.63) is 71.6 Å². The molecule has 352 valence electrons. The summed E-state index contributed by atoms with van der Waals surface area (Å²) in [7, 11) is 2.47. The topological polar surface area (TPSA) is 175 Å². The average Bonchev–Trinajstić information content (AvgIpc) is 4.05. The van der Waals surface area contributed by atoms with Gasteiger partial charge in [0.25, 0.3) is 0 Å². The smallest absolute Gasteiger partial charge is 0.407 e. The van der Waals surface area contributed by atoms with E-state index < -0.39 is 64.1 Å². The van der Waals surface area contributed by atoms with E-state index in [0.717, 1.165) is 12.1 Å². The predicted octanol–water partition coefficient (Wildman–Crippen LogP) is 8.62. The van der Waals surface area contributed by atoms with Gasteiger partial charge >= 0.3 is 24.0 Å². The Hall–Kier alpha value is -5.59. The van der Waals surface area contributed by atoms with E-state index in [0.29, 0.717) is 61.1 Å². The van der Waals surface area contributed by atoms with Gasteiger partial charge in [0.2, 0.25) is 11.8 Å². The van der Waals surface area contributed by atoms with Gasteiger partial charge in [-0.3, -0.25) is 9.59 Å². The molecule has 3 atom stereocenters. The van der Waals surface area contributed by atoms with Gasteiger partial charge in [-0.1, -0.05) is 65.8 Å². The normalized spacial score (nSPS) is 17.4. The number of halogens is 4. The minimum absolute atomic E-state index is 0.0143. The van der Waals surface area contributed by atoms with Crippen LogP contribution in [0.1, 0.15) is 96.0 Å². The van der Waals surface area contributed by atoms with E-state index in [1.54, 1.807) is 21.9 Å². The maximum Gasteiger partial charge on any atom is 0.407 e. The zero-order valence-corrected chi connectivity index (χ0v) is 38.8. The number of alkyl carbamates (subject to hydrolysis) is 2. The van der Waals surface area contributed by atoms with E-state index in [2.05, 4.69) is 43.2 Å². The summed E-state index contributed by atoms with van der Waals surface area (Å²) >= 11 is 4.29. The molecule has 3 heterocycles. The average molecular weight is 927 g/mol. The number of H-pyrrole nitrogens is 2. The van der Waals surface area contributed by atoms with Gasteiger partial charge < -0.3 is 39.9 Å². The highest BCUT2D eigenvalue weighted by Crippen LogP contribution is 2.58. The minimum atomic E-state index is -4.60. The SMILES string of the molecule is COC(=O)N[C@H](C(=O)N(CCCS)CCc1ncc(-c2ccc3c(c2)C(F)(F)C(F)(F)c2cc(-c4cnc([C@@H]5CCCN5C(=O)C[C@@H](NC(=O)OC)C(C)(C)C)[nH]4)ccc2-3)[nH]1)C(C)(C)C. The number of aromatic nitrogens is 4. The van der Waals surface area contributed by atoms with Crippen LogP contribution in [0.15, 0.2) is 48.8 Å². The van der Waals surface area contributed by atoms with Crippen LogP contribution in [0.25, 0.3) is 33.6 Å². The number of alkyl halides is 4. The maximum absolute atomic E-state index is 16.2. The fourth-order valence-electron chi connectivity index (χ4n) is 8.30. The van der Waals surface area contributed by atoms with Crippen LogP contribution in [0.2, 0.25) is 0 Å². The fourth-order valence-corrected chi connectivity index (χ4v) is 8.44. The zero-order valence-electron chi connectivity index (χ0n) is 37.9. The third-order valence-corrected chi connectivity index (χ3v) is 12.4. The first-order valence-electron chi connectivity index (χ1n) is 21.5. The second-order valence-electron chi connectivity index (χ2n) is 18.7. The Kier molecular flexibility index (Phi) is 14.4. The molecular formula is C46H58F4N8O6S. The van der Waals surface area contributed by atoms with Crippen LogP contribution in [0.5, 0.6) is 0 Å². The van der Waals surface area contributed by atoms with E-state index in [1.807, 2.05) is 41.5 Å². The molecule has 1 saturated heterocycles. The number of methoxy groups -OCH3 is 2. The van der Waals surface area contributed by atoms with E-state index in [9.17, 15) is 19.2 Å². The lowest BCUT2D eigenvalue weighted by atomic mass is 9.79. The van der Waals surface area contributed by atoms with Gasteiger partial charge in [0.15, 0.2) is 0 Å². The molecule has 4 amide bonds. The first-order valence-corrected chi connectivity index (χ1v) is 22.2. The number of hydrogen-bond acceptors (Lipinski definition) is 9. The monoisotopic (exact) mass is 926 g/mol. The molecule has 0 spiro atoms. The molecule has 2 aliphatic rings. The molecule has 0 unspecified atom stereocenters. The van der Waals surface area contributed by atoms with Gasteiger partial charge in [-0.05, 0) is 59.1 Å². The molecule has 19 heteroatoms. The molecule has 6 rings (SSSR count). The summed E-state index contributed by atoms with van der Waals surface area (Å²) < 4.78 is 74.2. The van der Waals surface area contributed by atoms with Crippen LogP contribution < -0.4 is 10.6 Å². The molecule has 14 nitrogen and oxygen atoms in total. The summed E-state index contributed by atoms with van der Waals surface area (Å²) in [6.07, 6.45) is 3.59. The number of hydrogen-bond donors (Lipinski definition) is 5. The second-order valence-corrected chi connectivity index (χ2v) is 19.1. The Morgan fingerprint density at radius 3 is 1.97 bits per heavy atom. The number of ether oxygens (including phenoxy) is 2. The molecule has 1 aliphatic carbocycles. The summed E-state index contributed by atoms with van der Waals surface area (Å²) in [5.74, 6) is -8.35. The number of fused-ring (bicyclic) bond motifs is 3. The Morgan fingerprint density at radius 1 is 0.846 bits per heavy atom. The van der Waals surface area contributed by atoms with Gasteiger partial charge in [-0.15, -0.1) is 0 Å². The van der Waals surface area contributed by atoms with Crippen LogP contribution >= 0.6 is 12.6 Å². The maximum atomic E-state index is 16.2. The highest BCUT2D eigenvalue weighted by atomic mass is 32.1. The Labute approximate surface area is 381 Å². The third-order valence-electron chi connectivity index (χ3n) is 12.1. The molecule has 4 N–H and O–H groups in total. The minimum Gasteiger partial charge on any atom is -0.453 e. The van der Waals surface area contributed by atoms with Crippen molar-refractivity contribution in [2.45, 2.75) is 104 Å². The lowest BCUT2D eigenvalue weighted by molar-refractivity contribution is -0.225. The van der Waals surface area contributed by atoms with Gasteiger partial charge in [-0.25, -0.2) is 19.6 Å². The van der Waals surface area contributed by atoms with Crippen LogP contribution in [0, 0.1) is 10.8 Å². The number of thiol groups is 1. The molecule has 1 aliphatic heterocycles. The van der Waals surface area contributed by atoms with Gasteiger partial charge in [0.05, 0.1) is 44.0 Å². The van der Waals surface area contributed by atoms with Crippen molar-refractivity contribution >= 4 is 36.6 Å². The predicted molar refractivity (Wildman–Crippen MR) is 239 cm³/mol. The Morgan fingerprint density at radius 2 is 1.42 bits per heavy atom. The lowest BCUT2D eigenvalue weighted by Gasteiger charge is -2.35. The number of rotatable bonds is 14. The fraction of sp³-hybridized carbons (Fsp3) is 0.522. The molecular weight excluding hydrogens is 869 g/mol. The standard InChI is InChI=1S/C46H58F4N8O6S/c1-43(2,3)35(55-41(61)63-7)23-37(59)58-18-9-11-34(58)39-52-25-33(54-39)27-13-15-29-28-14-12-26(21-30(28)45(47,48)46(49,50)31(29)22-27)32-24-51-36(53-32)16-19-57(17-10-20-65)40(60)38(44(4,5)6)56-42(62)64-8/h12-15,21-22,24-25,34-35,38,65H,9-11,16-20,23H2,1-8H3,(H,51,53)(H,52,54)(H,55,61)(H,56,62)/t34-,35+,38+/m0/s1. The molecule has 0 bridgehead atoms. The summed E-state index contributed by atoms with van der Waals surface area (Å²) in [5.41, 5.74) is -1.79. The van der Waals surface area contributed by atoms with Crippen molar-refractivity contribution in [1.29, 1.82) is 0 Å². The van der Waals surface area contributed by atoms with Crippen LogP contribution in [0.4, 0.5) is 27.2 Å². The van der Waals surface area contributed by atoms with E-state index in [1.165, 1.54) is 38.7 Å². The number of likely N-dealkylation sites (tertiary alicyclic amines) is 1. The van der Waals surface area contributed by atoms with Crippen molar-refractivity contribution < 1.29 is 46.2 Å². The summed E-state index contributed by atoms with van der Waals surface area (Å²) in [5, 5.41) is 5.38. The van der Waals surface area contributed by atoms with E-state index in [-0.39, 0.29) is 53.5 Å². The van der Waals surface area contributed by atoms with Crippen molar-refractivity contribution in [2.24, 2.45) is 10.8 Å². The number of carbonyl (C=O) groups excluding carboxylic acids is 4. The Bertz CT molecular complexity index is 2390. The molecule has 65 heavy (non-hydrogen) atoms. The molecule has 0 radical (unpaired) electrons. The van der Waals surface area contributed by atoms with Gasteiger partial charge in [0, 0.05) is 60.8 Å². The first-order chi connectivity index (χ1) is 30.5. The summed E-state index contributed by atoms with van der Waals surface area (Å²) in [6.45, 7) is 12.2. The lowest BCUT2D eigenvalue weighted by Crippen LogP contribution is -2.55. The number of carbonyl (C=O) groups is 4. The number of nitrogens with one attached hydrogen (secondary N) is 4. The van der Waals surface area contributed by atoms with Gasteiger partial charge in [-0.2, -0.15) is 30.2 Å². The number of amides is 4. The Balaban J connectivity index is 1.21. The zero-order chi connectivity index (χ0) is 47.6. The second kappa shape index (κ2) is 19.1. The third kappa shape index (κ3) is 10.3. The van der Waals surface area contributed by atoms with Crippen LogP contribution in [0.3, 0.4) is 0 Å². The summed E-state index contributed by atoms with van der Waals surface area (Å²) in [4.78, 5) is 69.9. The first kappa shape index (κ1) is 48.9. The molecule has 2 aromatic heterocycles. The highest BCUT2D eigenvalue weighted by Gasteiger charge is 2.63. The summed E-state index contributed by atoms with van der Waals surface area (Å²) in [6, 6.07) is 6.18. The van der Waals surface area contributed by atoms with Crippen LogP contribution in [-0.2, 0) is 37.3 Å². The number of nitrogens with zero attached hydrogens (tertiary/aromatic N) is 4. The van der Waals surface area contributed by atoms with Crippen molar-refractivity contribution in [3.8, 4) is 33.6 Å².